The van der Waals surface area contributed by atoms with Crippen LogP contribution in [0, 0.1) is 11.7 Å². The Morgan fingerprint density at radius 3 is 2.50 bits per heavy atom. The predicted octanol–water partition coefficient (Wildman–Crippen LogP) is 1.34. The van der Waals surface area contributed by atoms with Gasteiger partial charge in [0.25, 0.3) is 6.47 Å². The number of anilines is 1. The fourth-order valence-corrected chi connectivity index (χ4v) is 4.78. The third-order valence-corrected chi connectivity index (χ3v) is 7.15. The van der Waals surface area contributed by atoms with Gasteiger partial charge in [-0.1, -0.05) is 0 Å². The number of benzene rings is 1. The molecular formula is C17H22FN3O5S2. The Balaban J connectivity index is 0.000000878. The van der Waals surface area contributed by atoms with Crippen LogP contribution in [0.4, 0.5) is 9.52 Å². The summed E-state index contributed by atoms with van der Waals surface area (Å²) in [6.07, 6.45) is -0.715. The smallest absolute Gasteiger partial charge is 0.290 e. The van der Waals surface area contributed by atoms with Crippen molar-refractivity contribution in [1.82, 2.24) is 9.29 Å². The largest absolute Gasteiger partial charge is 0.483 e. The Kier molecular flexibility index (Phi) is 7.47. The molecule has 1 aromatic carbocycles. The first-order valence-electron chi connectivity index (χ1n) is 8.30. The van der Waals surface area contributed by atoms with Crippen LogP contribution in [-0.4, -0.2) is 73.4 Å². The molecule has 0 saturated carbocycles. The molecule has 2 heterocycles. The highest BCUT2D eigenvalue weighted by molar-refractivity contribution is 7.89. The van der Waals surface area contributed by atoms with Crippen LogP contribution in [0.25, 0.3) is 11.3 Å². The number of thiazole rings is 1. The maximum atomic E-state index is 13.0. The van der Waals surface area contributed by atoms with E-state index in [1.165, 1.54) is 41.9 Å². The summed E-state index contributed by atoms with van der Waals surface area (Å²) < 4.78 is 38.3. The second-order valence-electron chi connectivity index (χ2n) is 6.42. The number of halogens is 1. The van der Waals surface area contributed by atoms with Crippen molar-refractivity contribution in [2.45, 2.75) is 6.10 Å². The first-order valence-corrected chi connectivity index (χ1v) is 10.8. The summed E-state index contributed by atoms with van der Waals surface area (Å²) in [5.74, 6) is -0.745. The molecule has 0 aliphatic carbocycles. The quantitative estimate of drug-likeness (QED) is 0.687. The van der Waals surface area contributed by atoms with E-state index < -0.39 is 16.1 Å². The van der Waals surface area contributed by atoms with E-state index in [9.17, 15) is 17.9 Å². The number of carboxylic acid groups (broad SMARTS) is 1. The summed E-state index contributed by atoms with van der Waals surface area (Å²) >= 11 is 1.42. The van der Waals surface area contributed by atoms with E-state index in [4.69, 9.17) is 9.90 Å². The molecule has 0 radical (unpaired) electrons. The van der Waals surface area contributed by atoms with Crippen molar-refractivity contribution in [1.29, 1.82) is 0 Å². The van der Waals surface area contributed by atoms with Gasteiger partial charge in [-0.2, -0.15) is 0 Å². The van der Waals surface area contributed by atoms with Gasteiger partial charge in [0.2, 0.25) is 10.0 Å². The molecule has 0 unspecified atom stereocenters. The van der Waals surface area contributed by atoms with Crippen LogP contribution in [0.15, 0.2) is 29.6 Å². The number of aromatic nitrogens is 1. The fourth-order valence-electron chi connectivity index (χ4n) is 2.76. The first-order chi connectivity index (χ1) is 13.2. The number of β-amino-alcohol motifs (C(OH)–C–C–N with tert-alkyl or cyclic N) is 1. The van der Waals surface area contributed by atoms with E-state index >= 15 is 0 Å². The van der Waals surface area contributed by atoms with Crippen molar-refractivity contribution in [3.05, 3.63) is 35.5 Å². The lowest BCUT2D eigenvalue weighted by Crippen LogP contribution is -2.33. The lowest BCUT2D eigenvalue weighted by Gasteiger charge is -2.17. The maximum absolute atomic E-state index is 13.0. The van der Waals surface area contributed by atoms with E-state index in [2.05, 4.69) is 4.98 Å². The van der Waals surface area contributed by atoms with Gasteiger partial charge < -0.3 is 15.1 Å². The van der Waals surface area contributed by atoms with Gasteiger partial charge in [-0.3, -0.25) is 4.79 Å². The minimum absolute atomic E-state index is 0.0894. The lowest BCUT2D eigenvalue weighted by molar-refractivity contribution is -0.122. The zero-order valence-corrected chi connectivity index (χ0v) is 17.0. The second kappa shape index (κ2) is 9.41. The van der Waals surface area contributed by atoms with Gasteiger partial charge >= 0.3 is 0 Å². The first kappa shape index (κ1) is 22.2. The molecule has 2 atom stereocenters. The monoisotopic (exact) mass is 431 g/mol. The van der Waals surface area contributed by atoms with Crippen LogP contribution in [0.3, 0.4) is 0 Å². The summed E-state index contributed by atoms with van der Waals surface area (Å²) in [6, 6.07) is 6.10. The lowest BCUT2D eigenvalue weighted by atomic mass is 10.1. The molecule has 8 nitrogen and oxygen atoms in total. The Morgan fingerprint density at radius 1 is 1.32 bits per heavy atom. The van der Waals surface area contributed by atoms with Gasteiger partial charge in [0.1, 0.15) is 5.82 Å². The molecule has 1 aliphatic rings. The number of sulfonamides is 1. The summed E-state index contributed by atoms with van der Waals surface area (Å²) in [5.41, 5.74) is 1.55. The summed E-state index contributed by atoms with van der Waals surface area (Å²) in [5, 5.41) is 19.7. The number of nitrogens with zero attached hydrogens (tertiary/aromatic N) is 3. The molecule has 28 heavy (non-hydrogen) atoms. The average molecular weight is 432 g/mol. The van der Waals surface area contributed by atoms with E-state index in [0.717, 1.165) is 16.4 Å². The van der Waals surface area contributed by atoms with Gasteiger partial charge in [-0.15, -0.1) is 11.3 Å². The molecule has 1 saturated heterocycles. The topological polar surface area (TPSA) is 111 Å². The van der Waals surface area contributed by atoms with Crippen molar-refractivity contribution < 1.29 is 27.8 Å². The Labute approximate surface area is 166 Å². The molecular weight excluding hydrogens is 409 g/mol. The van der Waals surface area contributed by atoms with Crippen molar-refractivity contribution in [2.24, 2.45) is 5.92 Å². The summed E-state index contributed by atoms with van der Waals surface area (Å²) in [7, 11) is -0.387. The highest BCUT2D eigenvalue weighted by Crippen LogP contribution is 2.31. The molecule has 2 aromatic rings. The average Bonchev–Trinajstić information content (AvgIpc) is 3.23. The highest BCUT2D eigenvalue weighted by Gasteiger charge is 2.36. The molecule has 154 valence electrons. The molecule has 0 spiro atoms. The molecule has 1 aliphatic heterocycles. The Bertz CT molecular complexity index is 886. The second-order valence-corrected chi connectivity index (χ2v) is 9.48. The number of carbonyl (C=O) groups is 1. The number of hydrogen-bond donors (Lipinski definition) is 2. The molecule has 0 bridgehead atoms. The molecule has 2 N–H and O–H groups in total. The zero-order valence-electron chi connectivity index (χ0n) is 15.4. The fraction of sp³-hybridized carbons (Fsp3) is 0.412. The van der Waals surface area contributed by atoms with Crippen LogP contribution in [-0.2, 0) is 14.8 Å². The van der Waals surface area contributed by atoms with E-state index in [0.29, 0.717) is 13.1 Å². The number of rotatable bonds is 5. The third kappa shape index (κ3) is 5.47. The van der Waals surface area contributed by atoms with Crippen molar-refractivity contribution in [3.8, 4) is 11.3 Å². The Hall–Kier alpha value is -2.08. The van der Waals surface area contributed by atoms with Crippen LogP contribution in [0.5, 0.6) is 0 Å². The molecule has 11 heteroatoms. The SMILES string of the molecule is CN(C)S(=O)(=O)C[C@@H]1CN(c2nc(-c3ccc(F)cc3)cs2)C[C@H]1O.O=CO. The molecule has 1 fully saturated rings. The van der Waals surface area contributed by atoms with E-state index in [1.54, 1.807) is 12.1 Å². The Morgan fingerprint density at radius 2 is 1.93 bits per heavy atom. The highest BCUT2D eigenvalue weighted by atomic mass is 32.2. The number of hydrogen-bond acceptors (Lipinski definition) is 7. The van der Waals surface area contributed by atoms with Crippen LogP contribution in [0.2, 0.25) is 0 Å². The third-order valence-electron chi connectivity index (χ3n) is 4.29. The van der Waals surface area contributed by atoms with Crippen molar-refractivity contribution >= 4 is 33.0 Å². The predicted molar refractivity (Wildman–Crippen MR) is 105 cm³/mol. The number of aliphatic hydroxyl groups is 1. The summed E-state index contributed by atoms with van der Waals surface area (Å²) in [6.45, 7) is 0.536. The van der Waals surface area contributed by atoms with Gasteiger partial charge in [-0.25, -0.2) is 22.1 Å². The van der Waals surface area contributed by atoms with Crippen molar-refractivity contribution in [2.75, 3.05) is 37.8 Å². The van der Waals surface area contributed by atoms with Crippen LogP contribution >= 0.6 is 11.3 Å². The van der Waals surface area contributed by atoms with Gasteiger partial charge in [0.15, 0.2) is 5.13 Å². The van der Waals surface area contributed by atoms with Gasteiger partial charge in [0.05, 0.1) is 17.6 Å². The van der Waals surface area contributed by atoms with Crippen LogP contribution < -0.4 is 4.90 Å². The van der Waals surface area contributed by atoms with Gasteiger partial charge in [0, 0.05) is 44.0 Å². The minimum Gasteiger partial charge on any atom is -0.483 e. The molecule has 0 amide bonds. The normalized spacial score (nSPS) is 19.4. The maximum Gasteiger partial charge on any atom is 0.290 e. The zero-order chi connectivity index (χ0) is 20.9. The van der Waals surface area contributed by atoms with E-state index in [-0.39, 0.29) is 24.0 Å². The van der Waals surface area contributed by atoms with Gasteiger partial charge in [-0.05, 0) is 24.3 Å². The van der Waals surface area contributed by atoms with Crippen molar-refractivity contribution in [3.63, 3.8) is 0 Å². The van der Waals surface area contributed by atoms with E-state index in [1.807, 2.05) is 10.3 Å². The number of aliphatic hydroxyl groups excluding tert-OH is 1. The molecule has 1 aromatic heterocycles. The summed E-state index contributed by atoms with van der Waals surface area (Å²) in [4.78, 5) is 14.8. The minimum atomic E-state index is -3.37. The standard InChI is InChI=1S/C16H20FN3O3S2.CH2O2/c1-19(2)25(22,23)10-12-7-20(8-15(12)21)16-18-14(9-24-16)11-3-5-13(17)6-4-11;2-1-3/h3-6,9,12,15,21H,7-8,10H2,1-2H3;1H,(H,2,3)/t12-,15+;/m0./s1. The van der Waals surface area contributed by atoms with Crippen LogP contribution in [0.1, 0.15) is 0 Å². The molecule has 3 rings (SSSR count).